The van der Waals surface area contributed by atoms with E-state index in [4.69, 9.17) is 31.5 Å². The van der Waals surface area contributed by atoms with Crippen molar-refractivity contribution in [2.45, 2.75) is 13.8 Å². The second kappa shape index (κ2) is 11.9. The molecule has 0 aliphatic carbocycles. The summed E-state index contributed by atoms with van der Waals surface area (Å²) in [5, 5.41) is 17.9. The lowest BCUT2D eigenvalue weighted by Gasteiger charge is -2.22. The smallest absolute Gasteiger partial charge is 0.409 e. The number of carbonyl (C=O) groups is 1. The molecule has 0 fully saturated rings. The molecule has 0 atom stereocenters. The molecule has 1 heterocycles. The average molecular weight is 532 g/mol. The minimum atomic E-state index is -0.974. The number of nitrogens with one attached hydrogen (secondary N) is 2. The van der Waals surface area contributed by atoms with Crippen LogP contribution >= 0.6 is 11.6 Å². The minimum absolute atomic E-state index is 0.0820. The minimum Gasteiger partial charge on any atom is -0.495 e. The fourth-order valence-corrected chi connectivity index (χ4v) is 3.65. The molecule has 3 aromatic rings. The van der Waals surface area contributed by atoms with Gasteiger partial charge in [-0.15, -0.1) is 0 Å². The van der Waals surface area contributed by atoms with Gasteiger partial charge in [0.25, 0.3) is 5.69 Å². The van der Waals surface area contributed by atoms with Gasteiger partial charge < -0.3 is 35.5 Å². The summed E-state index contributed by atoms with van der Waals surface area (Å²) in [5.41, 5.74) is 6.09. The highest BCUT2D eigenvalue weighted by atomic mass is 35.5. The van der Waals surface area contributed by atoms with Crippen LogP contribution in [0.15, 0.2) is 36.5 Å². The van der Waals surface area contributed by atoms with Crippen molar-refractivity contribution >= 4 is 52.2 Å². The van der Waals surface area contributed by atoms with Crippen molar-refractivity contribution < 1.29 is 23.9 Å². The second-order valence-corrected chi connectivity index (χ2v) is 7.80. The molecule has 0 saturated carbocycles. The maximum absolute atomic E-state index is 11.8. The Morgan fingerprint density at radius 2 is 1.78 bits per heavy atom. The Bertz CT molecular complexity index is 1300. The number of nitro groups is 1. The van der Waals surface area contributed by atoms with E-state index in [2.05, 4.69) is 20.6 Å². The van der Waals surface area contributed by atoms with Crippen molar-refractivity contribution in [3.05, 3.63) is 51.7 Å². The van der Waals surface area contributed by atoms with Crippen LogP contribution in [0.25, 0.3) is 0 Å². The molecule has 37 heavy (non-hydrogen) atoms. The Hall–Kier alpha value is -4.52. The quantitative estimate of drug-likeness (QED) is 0.228. The Balaban J connectivity index is 1.98. The van der Waals surface area contributed by atoms with E-state index in [1.165, 1.54) is 38.6 Å². The standard InChI is InChI=1S/C23H26ClN7O6/c1-5-30(6-2)17-11-20(36-4)16(10-18(17)31(33)34)28-23-26-12-14(24)21(29-23)27-15-9-13(37-22(25)32)7-8-19(15)35-3/h7-12H,5-6H2,1-4H3,(H2,25,32)(H2,26,27,28,29). The first kappa shape index (κ1) is 27.1. The monoisotopic (exact) mass is 531 g/mol. The fourth-order valence-electron chi connectivity index (χ4n) is 3.52. The summed E-state index contributed by atoms with van der Waals surface area (Å²) in [6, 6.07) is 7.51. The van der Waals surface area contributed by atoms with Crippen LogP contribution in [0.1, 0.15) is 13.8 Å². The van der Waals surface area contributed by atoms with Gasteiger partial charge in [0.15, 0.2) is 5.82 Å². The molecule has 0 unspecified atom stereocenters. The van der Waals surface area contributed by atoms with E-state index in [9.17, 15) is 14.9 Å². The van der Waals surface area contributed by atoms with Gasteiger partial charge in [-0.3, -0.25) is 10.1 Å². The molecule has 0 spiro atoms. The number of benzene rings is 2. The lowest BCUT2D eigenvalue weighted by atomic mass is 10.2. The maximum atomic E-state index is 11.8. The van der Waals surface area contributed by atoms with E-state index in [0.29, 0.717) is 36.0 Å². The number of ether oxygens (including phenoxy) is 3. The number of methoxy groups -OCH3 is 2. The predicted molar refractivity (Wildman–Crippen MR) is 140 cm³/mol. The molecule has 0 aliphatic rings. The van der Waals surface area contributed by atoms with Crippen molar-refractivity contribution in [1.29, 1.82) is 0 Å². The molecule has 0 bridgehead atoms. The van der Waals surface area contributed by atoms with Gasteiger partial charge in [-0.1, -0.05) is 11.6 Å². The van der Waals surface area contributed by atoms with Gasteiger partial charge in [0.05, 0.1) is 36.7 Å². The summed E-state index contributed by atoms with van der Waals surface area (Å²) < 4.78 is 15.7. The van der Waals surface area contributed by atoms with Crippen molar-refractivity contribution in [3.8, 4) is 17.2 Å². The van der Waals surface area contributed by atoms with Crippen molar-refractivity contribution in [1.82, 2.24) is 9.97 Å². The number of nitrogens with two attached hydrogens (primary N) is 1. The number of carbonyl (C=O) groups excluding carboxylic acids is 1. The van der Waals surface area contributed by atoms with Crippen molar-refractivity contribution in [2.24, 2.45) is 5.73 Å². The molecule has 13 nitrogen and oxygen atoms in total. The molecule has 1 amide bonds. The first-order valence-electron chi connectivity index (χ1n) is 11.0. The maximum Gasteiger partial charge on any atom is 0.409 e. The van der Waals surface area contributed by atoms with E-state index in [0.717, 1.165) is 0 Å². The Labute approximate surface area is 217 Å². The van der Waals surface area contributed by atoms with Gasteiger partial charge >= 0.3 is 6.09 Å². The molecule has 0 aliphatic heterocycles. The Morgan fingerprint density at radius 3 is 2.38 bits per heavy atom. The van der Waals surface area contributed by atoms with Crippen LogP contribution in [0.5, 0.6) is 17.2 Å². The van der Waals surface area contributed by atoms with Gasteiger partial charge in [-0.2, -0.15) is 4.98 Å². The van der Waals surface area contributed by atoms with Crippen LogP contribution in [0.2, 0.25) is 5.02 Å². The molecule has 0 radical (unpaired) electrons. The Morgan fingerprint density at radius 1 is 1.11 bits per heavy atom. The number of hydrogen-bond donors (Lipinski definition) is 3. The molecule has 0 saturated heterocycles. The largest absolute Gasteiger partial charge is 0.495 e. The Kier molecular flexibility index (Phi) is 8.74. The van der Waals surface area contributed by atoms with Gasteiger partial charge in [0.1, 0.15) is 28.0 Å². The van der Waals surface area contributed by atoms with E-state index in [-0.39, 0.29) is 33.9 Å². The van der Waals surface area contributed by atoms with Crippen LogP contribution in [-0.2, 0) is 0 Å². The summed E-state index contributed by atoms with van der Waals surface area (Å²) in [5.74, 6) is 1.20. The first-order chi connectivity index (χ1) is 17.7. The number of halogens is 1. The number of aromatic nitrogens is 2. The SMILES string of the molecule is CCN(CC)c1cc(OC)c(Nc2ncc(Cl)c(Nc3cc(OC(N)=O)ccc3OC)n2)cc1[N+](=O)[O-]. The second-order valence-electron chi connectivity index (χ2n) is 7.39. The fraction of sp³-hybridized carbons (Fsp3) is 0.261. The molecular weight excluding hydrogens is 506 g/mol. The van der Waals surface area contributed by atoms with Crippen LogP contribution in [0.3, 0.4) is 0 Å². The number of nitro benzene ring substituents is 1. The number of hydrogen-bond acceptors (Lipinski definition) is 11. The molecule has 4 N–H and O–H groups in total. The average Bonchev–Trinajstić information content (AvgIpc) is 2.86. The molecular formula is C23H26ClN7O6. The normalized spacial score (nSPS) is 10.4. The topological polar surface area (TPSA) is 167 Å². The number of anilines is 5. The highest BCUT2D eigenvalue weighted by Gasteiger charge is 2.23. The molecule has 14 heteroatoms. The third kappa shape index (κ3) is 6.38. The summed E-state index contributed by atoms with van der Waals surface area (Å²) in [6.45, 7) is 4.98. The lowest BCUT2D eigenvalue weighted by Crippen LogP contribution is -2.23. The van der Waals surface area contributed by atoms with Crippen LogP contribution < -0.4 is 35.5 Å². The number of rotatable bonds is 11. The molecule has 196 valence electrons. The van der Waals surface area contributed by atoms with Gasteiger partial charge in [0, 0.05) is 31.3 Å². The number of amides is 1. The van der Waals surface area contributed by atoms with Crippen LogP contribution in [0.4, 0.5) is 39.3 Å². The summed E-state index contributed by atoms with van der Waals surface area (Å²) in [4.78, 5) is 32.9. The molecule has 3 rings (SSSR count). The van der Waals surface area contributed by atoms with Crippen LogP contribution in [0, 0.1) is 10.1 Å². The van der Waals surface area contributed by atoms with Gasteiger partial charge in [0.2, 0.25) is 5.95 Å². The van der Waals surface area contributed by atoms with Gasteiger partial charge in [-0.05, 0) is 26.0 Å². The third-order valence-corrected chi connectivity index (χ3v) is 5.51. The van der Waals surface area contributed by atoms with E-state index in [1.54, 1.807) is 12.1 Å². The first-order valence-corrected chi connectivity index (χ1v) is 11.4. The zero-order valence-electron chi connectivity index (χ0n) is 20.6. The van der Waals surface area contributed by atoms with Crippen molar-refractivity contribution in [2.75, 3.05) is 42.8 Å². The zero-order valence-corrected chi connectivity index (χ0v) is 21.3. The highest BCUT2D eigenvalue weighted by molar-refractivity contribution is 6.33. The van der Waals surface area contributed by atoms with Crippen molar-refractivity contribution in [3.63, 3.8) is 0 Å². The van der Waals surface area contributed by atoms with Gasteiger partial charge in [-0.25, -0.2) is 9.78 Å². The summed E-state index contributed by atoms with van der Waals surface area (Å²) in [6.07, 6.45) is 0.374. The van der Waals surface area contributed by atoms with E-state index in [1.807, 2.05) is 18.7 Å². The van der Waals surface area contributed by atoms with E-state index >= 15 is 0 Å². The summed E-state index contributed by atoms with van der Waals surface area (Å²) >= 11 is 6.30. The third-order valence-electron chi connectivity index (χ3n) is 5.23. The molecule has 1 aromatic heterocycles. The highest BCUT2D eigenvalue weighted by Crippen LogP contribution is 2.40. The van der Waals surface area contributed by atoms with Crippen LogP contribution in [-0.4, -0.2) is 48.3 Å². The number of nitrogens with zero attached hydrogens (tertiary/aromatic N) is 4. The number of primary amides is 1. The lowest BCUT2D eigenvalue weighted by molar-refractivity contribution is -0.384. The predicted octanol–water partition coefficient (Wildman–Crippen LogP) is 4.85. The zero-order chi connectivity index (χ0) is 27.1. The van der Waals surface area contributed by atoms with E-state index < -0.39 is 11.0 Å². The molecule has 2 aromatic carbocycles. The summed E-state index contributed by atoms with van der Waals surface area (Å²) in [7, 11) is 2.92.